The number of amides is 1. The first-order chi connectivity index (χ1) is 12.5. The van der Waals surface area contributed by atoms with Gasteiger partial charge in [-0.25, -0.2) is 4.98 Å². The maximum Gasteiger partial charge on any atom is 0.321 e. The zero-order valence-corrected chi connectivity index (χ0v) is 14.5. The lowest BCUT2D eigenvalue weighted by Gasteiger charge is -2.13. The van der Waals surface area contributed by atoms with Crippen LogP contribution in [0.15, 0.2) is 53.7 Å². The molecule has 0 saturated carbocycles. The van der Waals surface area contributed by atoms with Gasteiger partial charge in [0.05, 0.1) is 27.5 Å². The van der Waals surface area contributed by atoms with Crippen LogP contribution >= 0.6 is 11.8 Å². The molecule has 26 heavy (non-hydrogen) atoms. The molecule has 1 unspecified atom stereocenters. The fourth-order valence-corrected chi connectivity index (χ4v) is 3.35. The molecule has 1 amide bonds. The van der Waals surface area contributed by atoms with Crippen LogP contribution in [-0.2, 0) is 4.79 Å². The van der Waals surface area contributed by atoms with Gasteiger partial charge in [0.25, 0.3) is 0 Å². The van der Waals surface area contributed by atoms with Crippen LogP contribution in [-0.4, -0.2) is 20.7 Å². The molecule has 2 aromatic carbocycles. The van der Waals surface area contributed by atoms with E-state index < -0.39 is 17.7 Å². The molecule has 132 valence electrons. The number of thioether (sulfide) groups is 1. The Kier molecular flexibility index (Phi) is 5.19. The molecule has 8 heteroatoms. The van der Waals surface area contributed by atoms with Crippen LogP contribution in [0.25, 0.3) is 11.0 Å². The summed E-state index contributed by atoms with van der Waals surface area (Å²) in [5.74, 6) is -0.398. The van der Waals surface area contributed by atoms with E-state index in [1.165, 1.54) is 0 Å². The second-order valence-corrected chi connectivity index (χ2v) is 6.75. The Hall–Kier alpha value is -2.92. The molecule has 0 spiro atoms. The molecule has 1 heterocycles. The van der Waals surface area contributed by atoms with Gasteiger partial charge in [-0.05, 0) is 31.2 Å². The van der Waals surface area contributed by atoms with Gasteiger partial charge in [0, 0.05) is 0 Å². The molecule has 5 nitrogen and oxygen atoms in total. The number of imidazole rings is 1. The van der Waals surface area contributed by atoms with Gasteiger partial charge in [-0.2, -0.15) is 14.0 Å². The highest BCUT2D eigenvalue weighted by molar-refractivity contribution is 8.00. The van der Waals surface area contributed by atoms with Crippen molar-refractivity contribution >= 4 is 34.4 Å². The molecule has 1 N–H and O–H groups in total. The highest BCUT2D eigenvalue weighted by Gasteiger charge is 2.23. The molecule has 1 atom stereocenters. The Morgan fingerprint density at radius 1 is 1.23 bits per heavy atom. The first kappa shape index (κ1) is 17.9. The summed E-state index contributed by atoms with van der Waals surface area (Å²) in [6.45, 7) is -1.16. The molecule has 0 aliphatic rings. The van der Waals surface area contributed by atoms with E-state index in [4.69, 9.17) is 5.26 Å². The second-order valence-electron chi connectivity index (χ2n) is 5.44. The van der Waals surface area contributed by atoms with Crippen LogP contribution in [0, 0.1) is 11.3 Å². The third-order valence-electron chi connectivity index (χ3n) is 3.72. The Morgan fingerprint density at radius 2 is 1.92 bits per heavy atom. The van der Waals surface area contributed by atoms with E-state index in [0.717, 1.165) is 16.3 Å². The van der Waals surface area contributed by atoms with Crippen LogP contribution in [0.2, 0.25) is 0 Å². The van der Waals surface area contributed by atoms with Gasteiger partial charge in [0.15, 0.2) is 5.16 Å². The van der Waals surface area contributed by atoms with E-state index in [1.807, 2.05) is 6.07 Å². The fraction of sp³-hybridized carbons (Fsp3) is 0.167. The van der Waals surface area contributed by atoms with Gasteiger partial charge in [0.2, 0.25) is 5.91 Å². The molecule has 0 aliphatic heterocycles. The van der Waals surface area contributed by atoms with Crippen molar-refractivity contribution in [2.24, 2.45) is 0 Å². The smallest absolute Gasteiger partial charge is 0.321 e. The van der Waals surface area contributed by atoms with Crippen LogP contribution in [0.1, 0.15) is 19.0 Å². The summed E-state index contributed by atoms with van der Waals surface area (Å²) in [4.78, 5) is 16.6. The summed E-state index contributed by atoms with van der Waals surface area (Å²) in [6, 6.07) is 15.2. The van der Waals surface area contributed by atoms with E-state index >= 15 is 0 Å². The number of carbonyl (C=O) groups is 1. The van der Waals surface area contributed by atoms with Crippen molar-refractivity contribution in [1.82, 2.24) is 9.55 Å². The van der Waals surface area contributed by atoms with Gasteiger partial charge in [-0.1, -0.05) is 36.0 Å². The Morgan fingerprint density at radius 3 is 2.65 bits per heavy atom. The number of nitriles is 1. The standard InChI is InChI=1S/C18H14F2N4OS/c1-11(16(25)22-13-7-3-2-6-12(13)10-21)26-18-23-14-8-4-5-9-15(14)24(18)17(19)20/h2-9,11,17H,1H3,(H,22,25). The van der Waals surface area contributed by atoms with E-state index in [0.29, 0.717) is 22.3 Å². The Labute approximate surface area is 152 Å². The molecule has 3 rings (SSSR count). The minimum Gasteiger partial charge on any atom is -0.324 e. The number of rotatable bonds is 5. The zero-order valence-electron chi connectivity index (χ0n) is 13.7. The lowest BCUT2D eigenvalue weighted by atomic mass is 10.2. The van der Waals surface area contributed by atoms with Crippen molar-refractivity contribution in [3.05, 3.63) is 54.1 Å². The molecule has 3 aromatic rings. The normalized spacial score (nSPS) is 12.1. The average Bonchev–Trinajstić information content (AvgIpc) is 3.00. The van der Waals surface area contributed by atoms with Crippen LogP contribution in [0.4, 0.5) is 14.5 Å². The summed E-state index contributed by atoms with van der Waals surface area (Å²) in [7, 11) is 0. The molecule has 0 bridgehead atoms. The highest BCUT2D eigenvalue weighted by Crippen LogP contribution is 2.31. The van der Waals surface area contributed by atoms with Gasteiger partial charge >= 0.3 is 6.55 Å². The highest BCUT2D eigenvalue weighted by atomic mass is 32.2. The lowest BCUT2D eigenvalue weighted by molar-refractivity contribution is -0.115. The number of alkyl halides is 2. The van der Waals surface area contributed by atoms with E-state index in [1.54, 1.807) is 55.5 Å². The summed E-state index contributed by atoms with van der Waals surface area (Å²) in [5.41, 5.74) is 1.47. The third kappa shape index (κ3) is 3.53. The number of benzene rings is 2. The number of hydrogen-bond acceptors (Lipinski definition) is 4. The lowest BCUT2D eigenvalue weighted by Crippen LogP contribution is -2.23. The number of fused-ring (bicyclic) bond motifs is 1. The number of anilines is 1. The van der Waals surface area contributed by atoms with Gasteiger partial charge < -0.3 is 5.32 Å². The summed E-state index contributed by atoms with van der Waals surface area (Å²) >= 11 is 0.942. The number of nitrogens with zero attached hydrogens (tertiary/aromatic N) is 3. The van der Waals surface area contributed by atoms with Crippen LogP contribution < -0.4 is 5.32 Å². The summed E-state index contributed by atoms with van der Waals surface area (Å²) < 4.78 is 27.7. The maximum absolute atomic E-state index is 13.5. The van der Waals surface area contributed by atoms with E-state index in [9.17, 15) is 13.6 Å². The van der Waals surface area contributed by atoms with Gasteiger partial charge in [0.1, 0.15) is 6.07 Å². The van der Waals surface area contributed by atoms with Crippen LogP contribution in [0.3, 0.4) is 0 Å². The zero-order chi connectivity index (χ0) is 18.7. The van der Waals surface area contributed by atoms with Gasteiger partial charge in [-0.3, -0.25) is 9.36 Å². The first-order valence-electron chi connectivity index (χ1n) is 7.73. The monoisotopic (exact) mass is 372 g/mol. The average molecular weight is 372 g/mol. The minimum absolute atomic E-state index is 0.0671. The van der Waals surface area contributed by atoms with Crippen molar-refractivity contribution in [1.29, 1.82) is 5.26 Å². The minimum atomic E-state index is -2.76. The summed E-state index contributed by atoms with van der Waals surface area (Å²) in [6.07, 6.45) is 0. The van der Waals surface area contributed by atoms with Crippen molar-refractivity contribution in [3.63, 3.8) is 0 Å². The molecular weight excluding hydrogens is 358 g/mol. The molecule has 1 aromatic heterocycles. The molecule has 0 saturated heterocycles. The molecule has 0 radical (unpaired) electrons. The number of aromatic nitrogens is 2. The fourth-order valence-electron chi connectivity index (χ4n) is 2.43. The second kappa shape index (κ2) is 7.54. The van der Waals surface area contributed by atoms with Crippen molar-refractivity contribution in [2.75, 3.05) is 5.32 Å². The van der Waals surface area contributed by atoms with Gasteiger partial charge in [-0.15, -0.1) is 0 Å². The topological polar surface area (TPSA) is 70.7 Å². The van der Waals surface area contributed by atoms with E-state index in [2.05, 4.69) is 10.3 Å². The first-order valence-corrected chi connectivity index (χ1v) is 8.61. The van der Waals surface area contributed by atoms with Crippen molar-refractivity contribution < 1.29 is 13.6 Å². The van der Waals surface area contributed by atoms with Crippen molar-refractivity contribution in [2.45, 2.75) is 23.9 Å². The number of halogens is 2. The number of para-hydroxylation sites is 3. The predicted octanol–water partition coefficient (Wildman–Crippen LogP) is 4.42. The van der Waals surface area contributed by atoms with Crippen molar-refractivity contribution in [3.8, 4) is 6.07 Å². The largest absolute Gasteiger partial charge is 0.324 e. The molecule has 0 fully saturated rings. The molecular formula is C18H14F2N4OS. The predicted molar refractivity (Wildman–Crippen MR) is 96.1 cm³/mol. The summed E-state index contributed by atoms with van der Waals surface area (Å²) in [5, 5.41) is 11.1. The molecule has 0 aliphatic carbocycles. The number of nitrogens with one attached hydrogen (secondary N) is 1. The maximum atomic E-state index is 13.5. The van der Waals surface area contributed by atoms with E-state index in [-0.39, 0.29) is 5.16 Å². The third-order valence-corrected chi connectivity index (χ3v) is 4.78. The number of hydrogen-bond donors (Lipinski definition) is 1. The Bertz CT molecular complexity index is 996. The Balaban J connectivity index is 1.83. The number of carbonyl (C=O) groups excluding carboxylic acids is 1. The quantitative estimate of drug-likeness (QED) is 0.673. The SMILES string of the molecule is CC(Sc1nc2ccccc2n1C(F)F)C(=O)Nc1ccccc1C#N. The van der Waals surface area contributed by atoms with Crippen LogP contribution in [0.5, 0.6) is 0 Å².